The first kappa shape index (κ1) is 34.6. The number of fused-ring (bicyclic) bond motifs is 6. The summed E-state index contributed by atoms with van der Waals surface area (Å²) in [5, 5.41) is 7.39. The number of nitrogens with zero attached hydrogens (tertiary/aromatic N) is 1. The van der Waals surface area contributed by atoms with Gasteiger partial charge in [-0.3, -0.25) is 0 Å². The summed E-state index contributed by atoms with van der Waals surface area (Å²) in [6.45, 7) is 2.16. The van der Waals surface area contributed by atoms with Gasteiger partial charge < -0.3 is 9.32 Å². The molecular weight excluding hydrogens is 715 g/mol. The summed E-state index contributed by atoms with van der Waals surface area (Å²) in [7, 11) is 0. The van der Waals surface area contributed by atoms with E-state index in [9.17, 15) is 0 Å². The van der Waals surface area contributed by atoms with Crippen molar-refractivity contribution >= 4 is 60.5 Å². The standard InChI is InChI=1S/C57H39NO/c1-38-19-36-50(57-56(38)53-17-9-10-18-55(53)59-57)43-26-32-47(33-27-43)58(46-30-24-42(25-31-46)41-22-20-40(21-23-41)39-11-3-2-4-12-39)48-34-28-44(29-35-48)54-37-45-13-5-6-14-49(45)51-15-7-8-16-52(51)54/h2-37H,1H3. The first-order valence-electron chi connectivity index (χ1n) is 20.2. The molecule has 0 aliphatic heterocycles. The number of furan rings is 1. The van der Waals surface area contributed by atoms with Crippen molar-refractivity contribution < 1.29 is 4.42 Å². The minimum Gasteiger partial charge on any atom is -0.455 e. The van der Waals surface area contributed by atoms with E-state index in [1.807, 2.05) is 6.07 Å². The second kappa shape index (κ2) is 14.4. The van der Waals surface area contributed by atoms with Crippen LogP contribution in [0.2, 0.25) is 0 Å². The molecule has 0 radical (unpaired) electrons. The molecule has 10 aromatic carbocycles. The van der Waals surface area contributed by atoms with E-state index in [2.05, 4.69) is 224 Å². The molecule has 59 heavy (non-hydrogen) atoms. The van der Waals surface area contributed by atoms with Gasteiger partial charge in [-0.25, -0.2) is 0 Å². The average Bonchev–Trinajstić information content (AvgIpc) is 3.71. The van der Waals surface area contributed by atoms with Gasteiger partial charge in [0.1, 0.15) is 11.2 Å². The molecule has 0 N–H and O–H groups in total. The monoisotopic (exact) mass is 753 g/mol. The molecule has 0 saturated heterocycles. The number of hydrogen-bond donors (Lipinski definition) is 0. The normalized spacial score (nSPS) is 11.5. The topological polar surface area (TPSA) is 16.4 Å². The fourth-order valence-corrected chi connectivity index (χ4v) is 8.83. The summed E-state index contributed by atoms with van der Waals surface area (Å²) < 4.78 is 6.50. The number of hydrogen-bond acceptors (Lipinski definition) is 2. The molecule has 0 amide bonds. The highest BCUT2D eigenvalue weighted by atomic mass is 16.3. The van der Waals surface area contributed by atoms with E-state index >= 15 is 0 Å². The molecule has 0 aliphatic carbocycles. The van der Waals surface area contributed by atoms with Crippen molar-refractivity contribution in [1.82, 2.24) is 0 Å². The molecule has 0 saturated carbocycles. The van der Waals surface area contributed by atoms with Gasteiger partial charge in [0.25, 0.3) is 0 Å². The van der Waals surface area contributed by atoms with Crippen LogP contribution in [-0.2, 0) is 0 Å². The van der Waals surface area contributed by atoms with E-state index in [0.717, 1.165) is 44.7 Å². The fourth-order valence-electron chi connectivity index (χ4n) is 8.83. The van der Waals surface area contributed by atoms with Crippen LogP contribution in [0.1, 0.15) is 5.56 Å². The molecule has 0 spiro atoms. The van der Waals surface area contributed by atoms with Gasteiger partial charge in [0, 0.05) is 33.4 Å². The van der Waals surface area contributed by atoms with E-state index in [-0.39, 0.29) is 0 Å². The van der Waals surface area contributed by atoms with Gasteiger partial charge in [0.2, 0.25) is 0 Å². The molecule has 0 atom stereocenters. The molecule has 0 unspecified atom stereocenters. The van der Waals surface area contributed by atoms with Crippen LogP contribution < -0.4 is 4.90 Å². The fraction of sp³-hybridized carbons (Fsp3) is 0.0175. The Hall–Kier alpha value is -7.68. The van der Waals surface area contributed by atoms with Gasteiger partial charge >= 0.3 is 0 Å². The molecule has 1 aromatic heterocycles. The molecule has 0 aliphatic rings. The predicted molar refractivity (Wildman–Crippen MR) is 250 cm³/mol. The molecule has 1 heterocycles. The van der Waals surface area contributed by atoms with Crippen LogP contribution in [-0.4, -0.2) is 0 Å². The average molecular weight is 754 g/mol. The third-order valence-corrected chi connectivity index (χ3v) is 11.8. The maximum Gasteiger partial charge on any atom is 0.143 e. The van der Waals surface area contributed by atoms with Crippen molar-refractivity contribution in [2.24, 2.45) is 0 Å². The van der Waals surface area contributed by atoms with Crippen LogP contribution in [0.3, 0.4) is 0 Å². The quantitative estimate of drug-likeness (QED) is 0.151. The highest BCUT2D eigenvalue weighted by Crippen LogP contribution is 2.42. The summed E-state index contributed by atoms with van der Waals surface area (Å²) in [6.07, 6.45) is 0. The first-order chi connectivity index (χ1) is 29.2. The third-order valence-electron chi connectivity index (χ3n) is 11.8. The number of anilines is 3. The molecule has 0 bridgehead atoms. The lowest BCUT2D eigenvalue weighted by atomic mass is 9.93. The Kier molecular flexibility index (Phi) is 8.41. The predicted octanol–water partition coefficient (Wildman–Crippen LogP) is 16.3. The smallest absolute Gasteiger partial charge is 0.143 e. The highest BCUT2D eigenvalue weighted by molar-refractivity contribution is 6.14. The van der Waals surface area contributed by atoms with Crippen LogP contribution >= 0.6 is 0 Å². The van der Waals surface area contributed by atoms with Crippen molar-refractivity contribution in [3.8, 4) is 44.5 Å². The van der Waals surface area contributed by atoms with Crippen molar-refractivity contribution in [3.63, 3.8) is 0 Å². The van der Waals surface area contributed by atoms with E-state index < -0.39 is 0 Å². The molecule has 2 nitrogen and oxygen atoms in total. The number of benzene rings is 10. The zero-order valence-electron chi connectivity index (χ0n) is 32.6. The second-order valence-electron chi connectivity index (χ2n) is 15.3. The van der Waals surface area contributed by atoms with Crippen molar-refractivity contribution in [2.45, 2.75) is 6.92 Å². The summed E-state index contributed by atoms with van der Waals surface area (Å²) in [4.78, 5) is 2.35. The van der Waals surface area contributed by atoms with Crippen LogP contribution in [0, 0.1) is 6.92 Å². The molecule has 278 valence electrons. The number of para-hydroxylation sites is 1. The molecular formula is C57H39NO. The van der Waals surface area contributed by atoms with E-state index in [1.54, 1.807) is 0 Å². The Bertz CT molecular complexity index is 3290. The third kappa shape index (κ3) is 6.14. The zero-order valence-corrected chi connectivity index (χ0v) is 32.6. The minimum absolute atomic E-state index is 0.913. The zero-order chi connectivity index (χ0) is 39.3. The van der Waals surface area contributed by atoms with E-state index in [0.29, 0.717) is 0 Å². The summed E-state index contributed by atoms with van der Waals surface area (Å²) in [6, 6.07) is 78.7. The Balaban J connectivity index is 0.987. The Morgan fingerprint density at radius 1 is 0.339 bits per heavy atom. The lowest BCUT2D eigenvalue weighted by Crippen LogP contribution is -2.09. The van der Waals surface area contributed by atoms with E-state index in [1.165, 1.54) is 65.9 Å². The Labute approximate surface area is 343 Å². The highest BCUT2D eigenvalue weighted by Gasteiger charge is 2.18. The van der Waals surface area contributed by atoms with Gasteiger partial charge in [-0.05, 0) is 122 Å². The molecule has 11 rings (SSSR count). The number of aryl methyl sites for hydroxylation is 1. The number of rotatable bonds is 7. The van der Waals surface area contributed by atoms with Crippen LogP contribution in [0.25, 0.3) is 88.0 Å². The lowest BCUT2D eigenvalue weighted by molar-refractivity contribution is 0.670. The van der Waals surface area contributed by atoms with Crippen molar-refractivity contribution in [1.29, 1.82) is 0 Å². The Morgan fingerprint density at radius 3 is 1.42 bits per heavy atom. The van der Waals surface area contributed by atoms with Crippen LogP contribution in [0.4, 0.5) is 17.1 Å². The summed E-state index contributed by atoms with van der Waals surface area (Å²) >= 11 is 0. The maximum absolute atomic E-state index is 6.50. The van der Waals surface area contributed by atoms with Gasteiger partial charge in [-0.1, -0.05) is 170 Å². The SMILES string of the molecule is Cc1ccc(-c2ccc(N(c3ccc(-c4ccc(-c5ccccc5)cc4)cc3)c3ccc(-c4cc5ccccc5c5ccccc45)cc3)cc2)c2oc3ccccc3c12. The van der Waals surface area contributed by atoms with Gasteiger partial charge in [0.15, 0.2) is 0 Å². The first-order valence-corrected chi connectivity index (χ1v) is 20.2. The maximum atomic E-state index is 6.50. The van der Waals surface area contributed by atoms with Crippen LogP contribution in [0.5, 0.6) is 0 Å². The van der Waals surface area contributed by atoms with E-state index in [4.69, 9.17) is 4.42 Å². The second-order valence-corrected chi connectivity index (χ2v) is 15.3. The Morgan fingerprint density at radius 2 is 0.797 bits per heavy atom. The minimum atomic E-state index is 0.913. The molecule has 0 fully saturated rings. The summed E-state index contributed by atoms with van der Waals surface area (Å²) in [5.41, 5.74) is 15.7. The van der Waals surface area contributed by atoms with Gasteiger partial charge in [0.05, 0.1) is 0 Å². The van der Waals surface area contributed by atoms with Gasteiger partial charge in [-0.15, -0.1) is 0 Å². The van der Waals surface area contributed by atoms with Gasteiger partial charge in [-0.2, -0.15) is 0 Å². The largest absolute Gasteiger partial charge is 0.455 e. The molecule has 2 heteroatoms. The van der Waals surface area contributed by atoms with Crippen molar-refractivity contribution in [3.05, 3.63) is 224 Å². The van der Waals surface area contributed by atoms with Crippen molar-refractivity contribution in [2.75, 3.05) is 4.90 Å². The summed E-state index contributed by atoms with van der Waals surface area (Å²) in [5.74, 6) is 0. The van der Waals surface area contributed by atoms with Crippen LogP contribution in [0.15, 0.2) is 223 Å². The molecule has 11 aromatic rings. The lowest BCUT2D eigenvalue weighted by Gasteiger charge is -2.26.